The Morgan fingerprint density at radius 1 is 1.00 bits per heavy atom. The van der Waals surface area contributed by atoms with Crippen LogP contribution in [0, 0.1) is 0 Å². The Balaban J connectivity index is 1.52. The van der Waals surface area contributed by atoms with Gasteiger partial charge in [-0.1, -0.05) is 43.3 Å². The summed E-state index contributed by atoms with van der Waals surface area (Å²) in [5.41, 5.74) is 6.72. The van der Waals surface area contributed by atoms with Crippen molar-refractivity contribution in [3.8, 4) is 16.9 Å². The number of hydrogen-bond donors (Lipinski definition) is 2. The number of fused-ring (bicyclic) bond motifs is 1. The Hall–Kier alpha value is -3.27. The van der Waals surface area contributed by atoms with E-state index in [2.05, 4.69) is 76.8 Å². The molecule has 4 nitrogen and oxygen atoms in total. The van der Waals surface area contributed by atoms with Crippen LogP contribution in [-0.2, 0) is 6.54 Å². The van der Waals surface area contributed by atoms with Crippen LogP contribution in [0.5, 0.6) is 5.75 Å². The van der Waals surface area contributed by atoms with Crippen molar-refractivity contribution >= 4 is 16.7 Å². The number of imidazole rings is 1. The summed E-state index contributed by atoms with van der Waals surface area (Å²) in [4.78, 5) is 7.46. The maximum absolute atomic E-state index is 5.69. The Bertz CT molecular complexity index is 1020. The second-order valence-electron chi connectivity index (χ2n) is 6.53. The van der Waals surface area contributed by atoms with E-state index in [0.29, 0.717) is 0 Å². The number of anilines is 1. The highest BCUT2D eigenvalue weighted by molar-refractivity contribution is 5.78. The summed E-state index contributed by atoms with van der Waals surface area (Å²) in [7, 11) is 0. The lowest BCUT2D eigenvalue weighted by atomic mass is 10.0. The second kappa shape index (κ2) is 7.96. The summed E-state index contributed by atoms with van der Waals surface area (Å²) in [6, 6.07) is 23.0. The third-order valence-corrected chi connectivity index (χ3v) is 4.53. The third-order valence-electron chi connectivity index (χ3n) is 4.53. The monoisotopic (exact) mass is 357 g/mol. The lowest BCUT2D eigenvalue weighted by molar-refractivity contribution is 0.317. The largest absolute Gasteiger partial charge is 0.494 e. The third kappa shape index (κ3) is 3.95. The quantitative estimate of drug-likeness (QED) is 0.450. The number of aromatic nitrogens is 2. The Kier molecular flexibility index (Phi) is 5.06. The van der Waals surface area contributed by atoms with Gasteiger partial charge in [0.05, 0.1) is 24.0 Å². The van der Waals surface area contributed by atoms with Gasteiger partial charge in [-0.25, -0.2) is 4.98 Å². The number of H-pyrrole nitrogens is 1. The number of benzene rings is 3. The molecule has 4 rings (SSSR count). The van der Waals surface area contributed by atoms with Crippen LogP contribution >= 0.6 is 0 Å². The molecule has 2 N–H and O–H groups in total. The first-order valence-corrected chi connectivity index (χ1v) is 9.31. The number of nitrogens with one attached hydrogen (secondary N) is 2. The zero-order valence-corrected chi connectivity index (χ0v) is 15.4. The molecule has 0 saturated heterocycles. The molecule has 0 saturated carbocycles. The standard InChI is InChI=1S/C23H23N3O/c1-2-13-27-19-10-8-18(9-11-19)20-5-3-4-6-21(20)24-15-17-7-12-22-23(14-17)26-16-25-22/h3-12,14,16,24H,2,13,15H2,1H3,(H,25,26). The summed E-state index contributed by atoms with van der Waals surface area (Å²) in [5, 5.41) is 3.56. The first-order chi connectivity index (χ1) is 13.3. The fourth-order valence-corrected chi connectivity index (χ4v) is 3.12. The van der Waals surface area contributed by atoms with E-state index < -0.39 is 0 Å². The average Bonchev–Trinajstić information content (AvgIpc) is 3.19. The summed E-state index contributed by atoms with van der Waals surface area (Å²) in [5.74, 6) is 0.915. The first kappa shape index (κ1) is 17.2. The van der Waals surface area contributed by atoms with Gasteiger partial charge >= 0.3 is 0 Å². The van der Waals surface area contributed by atoms with Crippen molar-refractivity contribution < 1.29 is 4.74 Å². The highest BCUT2D eigenvalue weighted by Gasteiger charge is 2.06. The SMILES string of the molecule is CCCOc1ccc(-c2ccccc2NCc2ccc3[nH]cnc3c2)cc1. The van der Waals surface area contributed by atoms with Gasteiger partial charge in [-0.2, -0.15) is 0 Å². The summed E-state index contributed by atoms with van der Waals surface area (Å²) < 4.78 is 5.69. The van der Waals surface area contributed by atoms with Crippen LogP contribution in [-0.4, -0.2) is 16.6 Å². The van der Waals surface area contributed by atoms with Crippen molar-refractivity contribution in [2.75, 3.05) is 11.9 Å². The maximum Gasteiger partial charge on any atom is 0.119 e. The number of hydrogen-bond acceptors (Lipinski definition) is 3. The summed E-state index contributed by atoms with van der Waals surface area (Å²) in [6.07, 6.45) is 2.74. The van der Waals surface area contributed by atoms with Crippen LogP contribution in [0.2, 0.25) is 0 Å². The van der Waals surface area contributed by atoms with E-state index in [-0.39, 0.29) is 0 Å². The van der Waals surface area contributed by atoms with Gasteiger partial charge in [0.25, 0.3) is 0 Å². The molecule has 4 aromatic rings. The lowest BCUT2D eigenvalue weighted by Gasteiger charge is -2.13. The predicted octanol–water partition coefficient (Wildman–Crippen LogP) is 5.63. The second-order valence-corrected chi connectivity index (χ2v) is 6.53. The van der Waals surface area contributed by atoms with Crippen molar-refractivity contribution in [1.82, 2.24) is 9.97 Å². The molecule has 0 spiro atoms. The van der Waals surface area contributed by atoms with Crippen molar-refractivity contribution in [2.45, 2.75) is 19.9 Å². The highest BCUT2D eigenvalue weighted by Crippen LogP contribution is 2.29. The molecule has 3 aromatic carbocycles. The summed E-state index contributed by atoms with van der Waals surface area (Å²) in [6.45, 7) is 3.61. The molecule has 0 amide bonds. The fourth-order valence-electron chi connectivity index (χ4n) is 3.12. The molecule has 0 aliphatic rings. The number of para-hydroxylation sites is 1. The molecule has 0 unspecified atom stereocenters. The number of ether oxygens (including phenoxy) is 1. The van der Waals surface area contributed by atoms with Gasteiger partial charge in [0.2, 0.25) is 0 Å². The zero-order chi connectivity index (χ0) is 18.5. The van der Waals surface area contributed by atoms with Gasteiger partial charge < -0.3 is 15.0 Å². The van der Waals surface area contributed by atoms with Gasteiger partial charge in [-0.05, 0) is 47.9 Å². The predicted molar refractivity (Wildman–Crippen MR) is 111 cm³/mol. The molecule has 0 bridgehead atoms. The lowest BCUT2D eigenvalue weighted by Crippen LogP contribution is -2.01. The molecular weight excluding hydrogens is 334 g/mol. The molecule has 0 fully saturated rings. The van der Waals surface area contributed by atoms with Gasteiger partial charge in [0, 0.05) is 17.8 Å². The van der Waals surface area contributed by atoms with E-state index in [0.717, 1.165) is 42.0 Å². The van der Waals surface area contributed by atoms with Crippen LogP contribution in [0.4, 0.5) is 5.69 Å². The van der Waals surface area contributed by atoms with Crippen molar-refractivity contribution in [3.05, 3.63) is 78.6 Å². The fraction of sp³-hybridized carbons (Fsp3) is 0.174. The van der Waals surface area contributed by atoms with E-state index in [4.69, 9.17) is 4.74 Å². The Morgan fingerprint density at radius 3 is 2.70 bits per heavy atom. The highest BCUT2D eigenvalue weighted by atomic mass is 16.5. The minimum Gasteiger partial charge on any atom is -0.494 e. The van der Waals surface area contributed by atoms with E-state index in [1.807, 2.05) is 12.1 Å². The van der Waals surface area contributed by atoms with Gasteiger partial charge in [0.1, 0.15) is 5.75 Å². The average molecular weight is 357 g/mol. The van der Waals surface area contributed by atoms with Gasteiger partial charge in [-0.15, -0.1) is 0 Å². The molecule has 1 aromatic heterocycles. The number of aromatic amines is 1. The normalized spacial score (nSPS) is 10.9. The van der Waals surface area contributed by atoms with Crippen LogP contribution < -0.4 is 10.1 Å². The first-order valence-electron chi connectivity index (χ1n) is 9.31. The minimum atomic E-state index is 0.748. The van der Waals surface area contributed by atoms with E-state index in [1.165, 1.54) is 16.7 Å². The molecule has 136 valence electrons. The van der Waals surface area contributed by atoms with Crippen LogP contribution in [0.3, 0.4) is 0 Å². The van der Waals surface area contributed by atoms with Crippen molar-refractivity contribution in [3.63, 3.8) is 0 Å². The van der Waals surface area contributed by atoms with E-state index in [1.54, 1.807) is 6.33 Å². The molecule has 0 atom stereocenters. The number of rotatable bonds is 7. The zero-order valence-electron chi connectivity index (χ0n) is 15.4. The van der Waals surface area contributed by atoms with Crippen LogP contribution in [0.1, 0.15) is 18.9 Å². The smallest absolute Gasteiger partial charge is 0.119 e. The maximum atomic E-state index is 5.69. The number of nitrogens with zero attached hydrogens (tertiary/aromatic N) is 1. The van der Waals surface area contributed by atoms with Crippen LogP contribution in [0.25, 0.3) is 22.2 Å². The molecule has 1 heterocycles. The molecular formula is C23H23N3O. The van der Waals surface area contributed by atoms with E-state index >= 15 is 0 Å². The minimum absolute atomic E-state index is 0.748. The van der Waals surface area contributed by atoms with Gasteiger partial charge in [0.15, 0.2) is 0 Å². The molecule has 0 radical (unpaired) electrons. The topological polar surface area (TPSA) is 49.9 Å². The van der Waals surface area contributed by atoms with E-state index in [9.17, 15) is 0 Å². The molecule has 0 aliphatic carbocycles. The molecule has 27 heavy (non-hydrogen) atoms. The van der Waals surface area contributed by atoms with Crippen LogP contribution in [0.15, 0.2) is 73.1 Å². The molecule has 0 aliphatic heterocycles. The Morgan fingerprint density at radius 2 is 1.85 bits per heavy atom. The molecule has 4 heteroatoms. The Labute approximate surface area is 159 Å². The summed E-state index contributed by atoms with van der Waals surface area (Å²) >= 11 is 0. The van der Waals surface area contributed by atoms with Crippen molar-refractivity contribution in [1.29, 1.82) is 0 Å². The van der Waals surface area contributed by atoms with Crippen molar-refractivity contribution in [2.24, 2.45) is 0 Å². The van der Waals surface area contributed by atoms with Gasteiger partial charge in [-0.3, -0.25) is 0 Å².